The first-order chi connectivity index (χ1) is 9.46. The number of carbonyl (C=O) groups is 2. The number of rotatable bonds is 5. The number of carboxylic acid groups (broad SMARTS) is 1. The van der Waals surface area contributed by atoms with Crippen molar-refractivity contribution < 1.29 is 19.4 Å². The lowest BCUT2D eigenvalue weighted by Gasteiger charge is -2.37. The molecule has 0 bridgehead atoms. The van der Waals surface area contributed by atoms with E-state index < -0.39 is 11.6 Å². The average Bonchev–Trinajstić information content (AvgIpc) is 2.85. The average molecular weight is 283 g/mol. The second-order valence-electron chi connectivity index (χ2n) is 6.50. The molecular weight excluding hydrogens is 258 g/mol. The van der Waals surface area contributed by atoms with Crippen molar-refractivity contribution in [1.82, 2.24) is 5.32 Å². The van der Waals surface area contributed by atoms with Crippen molar-refractivity contribution >= 4 is 11.9 Å². The fraction of sp³-hybridized carbons (Fsp3) is 0.867. The largest absolute Gasteiger partial charge is 0.481 e. The summed E-state index contributed by atoms with van der Waals surface area (Å²) >= 11 is 0. The van der Waals surface area contributed by atoms with Gasteiger partial charge in [-0.05, 0) is 38.0 Å². The molecule has 1 amide bonds. The number of hydrogen-bond donors (Lipinski definition) is 2. The first-order valence-electron chi connectivity index (χ1n) is 7.60. The number of aliphatic carboxylic acids is 1. The second kappa shape index (κ2) is 6.12. The smallest absolute Gasteiger partial charge is 0.303 e. The molecule has 0 aromatic carbocycles. The Kier molecular flexibility index (Phi) is 4.68. The highest BCUT2D eigenvalue weighted by Gasteiger charge is 2.40. The van der Waals surface area contributed by atoms with Crippen LogP contribution in [0.3, 0.4) is 0 Å². The molecule has 0 spiro atoms. The summed E-state index contributed by atoms with van der Waals surface area (Å²) in [5.74, 6) is -0.866. The molecule has 1 unspecified atom stereocenters. The van der Waals surface area contributed by atoms with E-state index in [0.717, 1.165) is 44.9 Å². The number of hydrogen-bond acceptors (Lipinski definition) is 3. The predicted molar refractivity (Wildman–Crippen MR) is 74.4 cm³/mol. The zero-order chi connectivity index (χ0) is 14.6. The maximum absolute atomic E-state index is 12.3. The summed E-state index contributed by atoms with van der Waals surface area (Å²) in [4.78, 5) is 23.4. The lowest BCUT2D eigenvalue weighted by Crippen LogP contribution is -2.48. The van der Waals surface area contributed by atoms with Crippen LogP contribution in [-0.4, -0.2) is 35.7 Å². The minimum Gasteiger partial charge on any atom is -0.481 e. The Morgan fingerprint density at radius 3 is 2.40 bits per heavy atom. The number of carboxylic acids is 1. The summed E-state index contributed by atoms with van der Waals surface area (Å²) in [5, 5.41) is 12.1. The monoisotopic (exact) mass is 283 g/mol. The van der Waals surface area contributed by atoms with Crippen LogP contribution in [0.4, 0.5) is 0 Å². The van der Waals surface area contributed by atoms with Crippen molar-refractivity contribution in [2.24, 2.45) is 5.41 Å². The third-order valence-electron chi connectivity index (χ3n) is 4.76. The van der Waals surface area contributed by atoms with E-state index in [2.05, 4.69) is 5.32 Å². The molecule has 5 nitrogen and oxygen atoms in total. The van der Waals surface area contributed by atoms with Crippen LogP contribution in [0, 0.1) is 5.41 Å². The lowest BCUT2D eigenvalue weighted by molar-refractivity contribution is -0.143. The topological polar surface area (TPSA) is 75.6 Å². The van der Waals surface area contributed by atoms with E-state index in [-0.39, 0.29) is 17.7 Å². The van der Waals surface area contributed by atoms with Gasteiger partial charge in [0, 0.05) is 13.2 Å². The summed E-state index contributed by atoms with van der Waals surface area (Å²) < 4.78 is 5.53. The summed E-state index contributed by atoms with van der Waals surface area (Å²) in [6.45, 7) is 2.90. The van der Waals surface area contributed by atoms with Crippen LogP contribution in [0.25, 0.3) is 0 Å². The van der Waals surface area contributed by atoms with Gasteiger partial charge in [0.2, 0.25) is 0 Å². The van der Waals surface area contributed by atoms with Crippen LogP contribution in [0.15, 0.2) is 0 Å². The number of amides is 1. The second-order valence-corrected chi connectivity index (χ2v) is 6.50. The minimum atomic E-state index is -0.774. The number of nitrogens with one attached hydrogen (secondary N) is 1. The highest BCUT2D eigenvalue weighted by Crippen LogP contribution is 2.39. The Balaban J connectivity index is 1.94. The first-order valence-corrected chi connectivity index (χ1v) is 7.60. The minimum absolute atomic E-state index is 0.0923. The highest BCUT2D eigenvalue weighted by molar-refractivity contribution is 5.85. The molecule has 1 atom stereocenters. The molecule has 1 heterocycles. The van der Waals surface area contributed by atoms with Crippen molar-refractivity contribution in [1.29, 1.82) is 0 Å². The predicted octanol–water partition coefficient (Wildman–Crippen LogP) is 2.10. The Bertz CT molecular complexity index is 368. The third kappa shape index (κ3) is 3.51. The van der Waals surface area contributed by atoms with Crippen molar-refractivity contribution in [3.63, 3.8) is 0 Å². The summed E-state index contributed by atoms with van der Waals surface area (Å²) in [6.07, 6.45) is 6.83. The van der Waals surface area contributed by atoms with Crippen LogP contribution >= 0.6 is 0 Å². The summed E-state index contributed by atoms with van der Waals surface area (Å²) in [5.41, 5.74) is -0.992. The van der Waals surface area contributed by atoms with Gasteiger partial charge in [-0.3, -0.25) is 9.59 Å². The molecule has 1 aliphatic heterocycles. The number of ether oxygens (including phenoxy) is 1. The number of carbonyl (C=O) groups excluding carboxylic acids is 1. The molecule has 2 N–H and O–H groups in total. The Labute approximate surface area is 120 Å². The molecule has 114 valence electrons. The van der Waals surface area contributed by atoms with Gasteiger partial charge in [-0.1, -0.05) is 19.3 Å². The van der Waals surface area contributed by atoms with Crippen molar-refractivity contribution in [2.75, 3.05) is 13.2 Å². The van der Waals surface area contributed by atoms with E-state index in [1.54, 1.807) is 0 Å². The first kappa shape index (κ1) is 15.3. The molecule has 1 saturated heterocycles. The molecule has 2 fully saturated rings. The third-order valence-corrected chi connectivity index (χ3v) is 4.76. The fourth-order valence-corrected chi connectivity index (χ4v) is 3.45. The van der Waals surface area contributed by atoms with E-state index >= 15 is 0 Å². The van der Waals surface area contributed by atoms with Crippen LogP contribution in [-0.2, 0) is 14.3 Å². The normalized spacial score (nSPS) is 29.1. The molecule has 1 aliphatic carbocycles. The fourth-order valence-electron chi connectivity index (χ4n) is 3.45. The summed E-state index contributed by atoms with van der Waals surface area (Å²) in [7, 11) is 0. The van der Waals surface area contributed by atoms with Crippen LogP contribution in [0.2, 0.25) is 0 Å². The molecular formula is C15H25NO4. The van der Waals surface area contributed by atoms with Gasteiger partial charge in [-0.2, -0.15) is 0 Å². The van der Waals surface area contributed by atoms with Gasteiger partial charge < -0.3 is 15.2 Å². The van der Waals surface area contributed by atoms with E-state index in [0.29, 0.717) is 13.2 Å². The quantitative estimate of drug-likeness (QED) is 0.810. The summed E-state index contributed by atoms with van der Waals surface area (Å²) in [6, 6.07) is 0. The van der Waals surface area contributed by atoms with Gasteiger partial charge in [-0.15, -0.1) is 0 Å². The maximum Gasteiger partial charge on any atom is 0.303 e. The van der Waals surface area contributed by atoms with Gasteiger partial charge in [-0.25, -0.2) is 0 Å². The highest BCUT2D eigenvalue weighted by atomic mass is 16.5. The molecule has 20 heavy (non-hydrogen) atoms. The molecule has 1 saturated carbocycles. The van der Waals surface area contributed by atoms with Gasteiger partial charge in [0.05, 0.1) is 6.42 Å². The van der Waals surface area contributed by atoms with Crippen LogP contribution in [0.5, 0.6) is 0 Å². The van der Waals surface area contributed by atoms with Crippen LogP contribution < -0.4 is 5.32 Å². The van der Waals surface area contributed by atoms with E-state index in [9.17, 15) is 9.59 Å². The van der Waals surface area contributed by atoms with Gasteiger partial charge in [0.25, 0.3) is 5.91 Å². The molecule has 5 heteroatoms. The zero-order valence-electron chi connectivity index (χ0n) is 12.2. The standard InChI is InChI=1S/C15H25NO4/c1-14(6-5-9-20-14)13(19)16-11-15(10-12(17)18)7-3-2-4-8-15/h2-11H2,1H3,(H,16,19)(H,17,18). The van der Waals surface area contributed by atoms with Gasteiger partial charge in [0.15, 0.2) is 0 Å². The zero-order valence-corrected chi connectivity index (χ0v) is 12.2. The van der Waals surface area contributed by atoms with Crippen molar-refractivity contribution in [3.05, 3.63) is 0 Å². The Hall–Kier alpha value is -1.10. The molecule has 0 radical (unpaired) electrons. The van der Waals surface area contributed by atoms with Gasteiger partial charge >= 0.3 is 5.97 Å². The molecule has 0 aromatic heterocycles. The van der Waals surface area contributed by atoms with Crippen LogP contribution in [0.1, 0.15) is 58.3 Å². The van der Waals surface area contributed by atoms with E-state index in [1.807, 2.05) is 6.92 Å². The molecule has 2 rings (SSSR count). The SMILES string of the molecule is CC1(C(=O)NCC2(CC(=O)O)CCCCC2)CCCO1. The maximum atomic E-state index is 12.3. The molecule has 2 aliphatic rings. The van der Waals surface area contributed by atoms with Crippen molar-refractivity contribution in [3.8, 4) is 0 Å². The lowest BCUT2D eigenvalue weighted by atomic mass is 9.71. The van der Waals surface area contributed by atoms with Gasteiger partial charge in [0.1, 0.15) is 5.60 Å². The molecule has 0 aromatic rings. The van der Waals surface area contributed by atoms with E-state index in [1.165, 1.54) is 0 Å². The van der Waals surface area contributed by atoms with E-state index in [4.69, 9.17) is 9.84 Å². The Morgan fingerprint density at radius 1 is 1.15 bits per heavy atom. The van der Waals surface area contributed by atoms with Crippen molar-refractivity contribution in [2.45, 2.75) is 63.9 Å². The Morgan fingerprint density at radius 2 is 1.85 bits per heavy atom.